The highest BCUT2D eigenvalue weighted by atomic mass is 16.5. The Labute approximate surface area is 134 Å². The molecule has 0 N–H and O–H groups in total. The SMILES string of the molecule is CC.COc1ccc(C(C#N)(CCC=O)C(C)C)cc1OC. The van der Waals surface area contributed by atoms with Gasteiger partial charge in [-0.05, 0) is 30.0 Å². The summed E-state index contributed by atoms with van der Waals surface area (Å²) in [6, 6.07) is 7.89. The van der Waals surface area contributed by atoms with E-state index < -0.39 is 5.41 Å². The highest BCUT2D eigenvalue weighted by Crippen LogP contribution is 2.40. The molecule has 22 heavy (non-hydrogen) atoms. The number of aldehydes is 1. The molecule has 0 bridgehead atoms. The smallest absolute Gasteiger partial charge is 0.161 e. The molecule has 0 aliphatic rings. The fourth-order valence-electron chi connectivity index (χ4n) is 2.42. The van der Waals surface area contributed by atoms with Crippen molar-refractivity contribution in [1.29, 1.82) is 5.26 Å². The molecule has 0 spiro atoms. The van der Waals surface area contributed by atoms with Crippen molar-refractivity contribution in [1.82, 2.24) is 0 Å². The monoisotopic (exact) mass is 305 g/mol. The third-order valence-electron chi connectivity index (χ3n) is 3.74. The summed E-state index contributed by atoms with van der Waals surface area (Å²) in [6.07, 6.45) is 1.72. The summed E-state index contributed by atoms with van der Waals surface area (Å²) in [5, 5.41) is 9.68. The molecule has 1 aromatic carbocycles. The van der Waals surface area contributed by atoms with E-state index in [0.717, 1.165) is 11.8 Å². The molecule has 0 saturated carbocycles. The number of nitrogens with zero attached hydrogens (tertiary/aromatic N) is 1. The fourth-order valence-corrected chi connectivity index (χ4v) is 2.42. The van der Waals surface area contributed by atoms with Crippen LogP contribution >= 0.6 is 0 Å². The number of carbonyl (C=O) groups excluding carboxylic acids is 1. The first-order valence-corrected chi connectivity index (χ1v) is 7.63. The Morgan fingerprint density at radius 2 is 1.82 bits per heavy atom. The maximum Gasteiger partial charge on any atom is 0.161 e. The highest BCUT2D eigenvalue weighted by Gasteiger charge is 2.36. The second kappa shape index (κ2) is 9.83. The predicted molar refractivity (Wildman–Crippen MR) is 88.3 cm³/mol. The summed E-state index contributed by atoms with van der Waals surface area (Å²) in [7, 11) is 3.14. The topological polar surface area (TPSA) is 59.3 Å². The van der Waals surface area contributed by atoms with Crippen LogP contribution < -0.4 is 9.47 Å². The van der Waals surface area contributed by atoms with Crippen LogP contribution in [0.15, 0.2) is 18.2 Å². The molecule has 1 rings (SSSR count). The molecule has 4 heteroatoms. The molecule has 0 radical (unpaired) electrons. The average Bonchev–Trinajstić information content (AvgIpc) is 2.57. The molecule has 0 aromatic heterocycles. The molecule has 1 atom stereocenters. The molecular formula is C18H27NO3. The van der Waals surface area contributed by atoms with Crippen LogP contribution in [0.3, 0.4) is 0 Å². The van der Waals surface area contributed by atoms with Gasteiger partial charge in [0.25, 0.3) is 0 Å². The van der Waals surface area contributed by atoms with Crippen molar-refractivity contribution in [3.63, 3.8) is 0 Å². The van der Waals surface area contributed by atoms with Gasteiger partial charge in [-0.25, -0.2) is 0 Å². The van der Waals surface area contributed by atoms with Crippen molar-refractivity contribution in [2.45, 2.75) is 46.0 Å². The number of rotatable bonds is 7. The van der Waals surface area contributed by atoms with Crippen LogP contribution in [-0.4, -0.2) is 20.5 Å². The molecule has 0 aliphatic carbocycles. The number of hydrogen-bond donors (Lipinski definition) is 0. The van der Waals surface area contributed by atoms with E-state index >= 15 is 0 Å². The standard InChI is InChI=1S/C16H21NO3.C2H6/c1-12(2)16(11-17,8-5-9-18)13-6-7-14(19-3)15(10-13)20-4;1-2/h6-7,9-10,12H,5,8H2,1-4H3;1-2H3. The second-order valence-electron chi connectivity index (χ2n) is 5.01. The predicted octanol–water partition coefficient (Wildman–Crippen LogP) is 4.13. The molecule has 0 fully saturated rings. The van der Waals surface area contributed by atoms with Gasteiger partial charge in [-0.3, -0.25) is 0 Å². The lowest BCUT2D eigenvalue weighted by molar-refractivity contribution is -0.108. The summed E-state index contributed by atoms with van der Waals surface area (Å²) in [4.78, 5) is 10.7. The maximum absolute atomic E-state index is 10.7. The minimum absolute atomic E-state index is 0.0885. The Hall–Kier alpha value is -2.02. The van der Waals surface area contributed by atoms with Crippen molar-refractivity contribution in [2.75, 3.05) is 14.2 Å². The quantitative estimate of drug-likeness (QED) is 0.711. The Morgan fingerprint density at radius 1 is 1.23 bits per heavy atom. The van der Waals surface area contributed by atoms with Crippen LogP contribution in [-0.2, 0) is 10.2 Å². The summed E-state index contributed by atoms with van der Waals surface area (Å²) >= 11 is 0. The normalized spacial score (nSPS) is 12.5. The van der Waals surface area contributed by atoms with Gasteiger partial charge in [0.15, 0.2) is 11.5 Å². The summed E-state index contributed by atoms with van der Waals surface area (Å²) in [6.45, 7) is 7.98. The van der Waals surface area contributed by atoms with Gasteiger partial charge in [0.05, 0.1) is 25.7 Å². The highest BCUT2D eigenvalue weighted by molar-refractivity contribution is 5.52. The van der Waals surface area contributed by atoms with Gasteiger partial charge in [0.1, 0.15) is 6.29 Å². The van der Waals surface area contributed by atoms with Crippen LogP contribution in [0.4, 0.5) is 0 Å². The zero-order valence-corrected chi connectivity index (χ0v) is 14.5. The number of ether oxygens (including phenoxy) is 2. The molecule has 0 saturated heterocycles. The van der Waals surface area contributed by atoms with Gasteiger partial charge in [-0.2, -0.15) is 5.26 Å². The number of carbonyl (C=O) groups is 1. The van der Waals surface area contributed by atoms with Crippen LogP contribution in [0.5, 0.6) is 11.5 Å². The van der Waals surface area contributed by atoms with Gasteiger partial charge < -0.3 is 14.3 Å². The molecule has 0 aliphatic heterocycles. The maximum atomic E-state index is 10.7. The summed E-state index contributed by atoms with van der Waals surface area (Å²) in [5.41, 5.74) is 0.162. The number of methoxy groups -OCH3 is 2. The molecule has 4 nitrogen and oxygen atoms in total. The van der Waals surface area contributed by atoms with Crippen molar-refractivity contribution in [2.24, 2.45) is 5.92 Å². The van der Waals surface area contributed by atoms with Crippen LogP contribution in [0.1, 0.15) is 46.1 Å². The van der Waals surface area contributed by atoms with E-state index in [4.69, 9.17) is 9.47 Å². The molecule has 1 aromatic rings. The minimum Gasteiger partial charge on any atom is -0.493 e. The Bertz CT molecular complexity index is 506. The number of hydrogen-bond acceptors (Lipinski definition) is 4. The van der Waals surface area contributed by atoms with Crippen LogP contribution in [0.25, 0.3) is 0 Å². The average molecular weight is 305 g/mol. The third-order valence-corrected chi connectivity index (χ3v) is 3.74. The van der Waals surface area contributed by atoms with Crippen LogP contribution in [0.2, 0.25) is 0 Å². The van der Waals surface area contributed by atoms with Gasteiger partial charge in [0, 0.05) is 6.42 Å². The van der Waals surface area contributed by atoms with Crippen molar-refractivity contribution in [3.8, 4) is 17.6 Å². The number of nitriles is 1. The van der Waals surface area contributed by atoms with Crippen molar-refractivity contribution < 1.29 is 14.3 Å². The number of benzene rings is 1. The lowest BCUT2D eigenvalue weighted by Crippen LogP contribution is -2.31. The molecule has 0 heterocycles. The first-order chi connectivity index (χ1) is 10.6. The van der Waals surface area contributed by atoms with E-state index in [1.807, 2.05) is 39.8 Å². The van der Waals surface area contributed by atoms with Gasteiger partial charge in [-0.15, -0.1) is 0 Å². The second-order valence-corrected chi connectivity index (χ2v) is 5.01. The van der Waals surface area contributed by atoms with E-state index in [0.29, 0.717) is 24.3 Å². The van der Waals surface area contributed by atoms with E-state index in [1.54, 1.807) is 20.3 Å². The van der Waals surface area contributed by atoms with E-state index in [1.165, 1.54) is 0 Å². The van der Waals surface area contributed by atoms with Crippen molar-refractivity contribution in [3.05, 3.63) is 23.8 Å². The summed E-state index contributed by atoms with van der Waals surface area (Å²) in [5.74, 6) is 1.31. The van der Waals surface area contributed by atoms with E-state index in [2.05, 4.69) is 6.07 Å². The summed E-state index contributed by atoms with van der Waals surface area (Å²) < 4.78 is 10.5. The molecule has 1 unspecified atom stereocenters. The zero-order chi connectivity index (χ0) is 17.2. The third kappa shape index (κ3) is 4.24. The largest absolute Gasteiger partial charge is 0.493 e. The Morgan fingerprint density at radius 3 is 2.23 bits per heavy atom. The zero-order valence-electron chi connectivity index (χ0n) is 14.5. The molecular weight excluding hydrogens is 278 g/mol. The van der Waals surface area contributed by atoms with E-state index in [-0.39, 0.29) is 5.92 Å². The Balaban J connectivity index is 0.00000211. The van der Waals surface area contributed by atoms with E-state index in [9.17, 15) is 10.1 Å². The Kier molecular flexibility index (Phi) is 8.93. The van der Waals surface area contributed by atoms with Crippen LogP contribution in [0, 0.1) is 17.2 Å². The van der Waals surface area contributed by atoms with Gasteiger partial charge >= 0.3 is 0 Å². The van der Waals surface area contributed by atoms with Gasteiger partial charge in [-0.1, -0.05) is 33.8 Å². The lowest BCUT2D eigenvalue weighted by Gasteiger charge is -2.31. The first-order valence-electron chi connectivity index (χ1n) is 7.63. The van der Waals surface area contributed by atoms with Crippen molar-refractivity contribution >= 4 is 6.29 Å². The van der Waals surface area contributed by atoms with Gasteiger partial charge in [0.2, 0.25) is 0 Å². The minimum atomic E-state index is -0.694. The lowest BCUT2D eigenvalue weighted by atomic mass is 9.70. The molecule has 0 amide bonds. The molecule has 122 valence electrons. The first kappa shape index (κ1) is 20.0. The fraction of sp³-hybridized carbons (Fsp3) is 0.556.